The Hall–Kier alpha value is -1.75. The van der Waals surface area contributed by atoms with E-state index in [0.29, 0.717) is 11.4 Å². The summed E-state index contributed by atoms with van der Waals surface area (Å²) in [6.45, 7) is 1.33. The van der Waals surface area contributed by atoms with Crippen LogP contribution in [0.1, 0.15) is 6.92 Å². The lowest BCUT2D eigenvalue weighted by Gasteiger charge is -2.10. The maximum atomic E-state index is 10.9. The van der Waals surface area contributed by atoms with E-state index < -0.39 is 12.1 Å². The van der Waals surface area contributed by atoms with Crippen molar-refractivity contribution in [2.45, 2.75) is 13.0 Å². The summed E-state index contributed by atoms with van der Waals surface area (Å²) in [6.07, 6.45) is -1.16. The molecule has 0 fully saturated rings. The SMILES string of the molecule is COc1ccccc1NOC(=O)C(C)O. The quantitative estimate of drug-likeness (QED) is 0.725. The van der Waals surface area contributed by atoms with Crippen molar-refractivity contribution in [2.75, 3.05) is 12.6 Å². The number of nitrogens with one attached hydrogen (secondary N) is 1. The van der Waals surface area contributed by atoms with E-state index in [1.165, 1.54) is 14.0 Å². The second-order valence-electron chi connectivity index (χ2n) is 2.90. The molecule has 0 heterocycles. The molecule has 0 aliphatic rings. The van der Waals surface area contributed by atoms with Gasteiger partial charge >= 0.3 is 5.97 Å². The van der Waals surface area contributed by atoms with Crippen molar-refractivity contribution in [3.8, 4) is 5.75 Å². The number of carbonyl (C=O) groups is 1. The summed E-state index contributed by atoms with van der Waals surface area (Å²) in [5, 5.41) is 8.88. The van der Waals surface area contributed by atoms with Crippen LogP contribution in [0.5, 0.6) is 5.75 Å². The van der Waals surface area contributed by atoms with Crippen molar-refractivity contribution < 1.29 is 19.5 Å². The standard InChI is InChI=1S/C10H13NO4/c1-7(12)10(13)15-11-8-5-3-4-6-9(8)14-2/h3-7,11-12H,1-2H3. The third-order valence-electron chi connectivity index (χ3n) is 1.71. The monoisotopic (exact) mass is 211 g/mol. The number of anilines is 1. The van der Waals surface area contributed by atoms with Gasteiger partial charge in [-0.2, -0.15) is 0 Å². The Balaban J connectivity index is 2.61. The molecular formula is C10H13NO4. The number of carbonyl (C=O) groups excluding carboxylic acids is 1. The van der Waals surface area contributed by atoms with E-state index in [2.05, 4.69) is 10.3 Å². The molecule has 5 heteroatoms. The summed E-state index contributed by atoms with van der Waals surface area (Å²) in [7, 11) is 1.51. The van der Waals surface area contributed by atoms with Crippen LogP contribution in [-0.4, -0.2) is 24.3 Å². The van der Waals surface area contributed by atoms with Crippen molar-refractivity contribution in [3.63, 3.8) is 0 Å². The highest BCUT2D eigenvalue weighted by atomic mass is 16.7. The minimum atomic E-state index is -1.16. The average molecular weight is 211 g/mol. The molecule has 0 amide bonds. The van der Waals surface area contributed by atoms with Gasteiger partial charge in [0.05, 0.1) is 7.11 Å². The van der Waals surface area contributed by atoms with Gasteiger partial charge in [-0.25, -0.2) is 10.3 Å². The first-order valence-electron chi connectivity index (χ1n) is 4.43. The van der Waals surface area contributed by atoms with E-state index >= 15 is 0 Å². The van der Waals surface area contributed by atoms with Gasteiger partial charge in [0.1, 0.15) is 11.4 Å². The van der Waals surface area contributed by atoms with Gasteiger partial charge in [0.2, 0.25) is 0 Å². The number of hydrogen-bond acceptors (Lipinski definition) is 5. The normalized spacial score (nSPS) is 11.7. The third kappa shape index (κ3) is 3.14. The van der Waals surface area contributed by atoms with E-state index in [9.17, 15) is 4.79 Å². The van der Waals surface area contributed by atoms with Gasteiger partial charge in [-0.1, -0.05) is 12.1 Å². The average Bonchev–Trinajstić information content (AvgIpc) is 2.26. The molecule has 1 aromatic rings. The summed E-state index contributed by atoms with van der Waals surface area (Å²) in [5.41, 5.74) is 2.93. The second-order valence-corrected chi connectivity index (χ2v) is 2.90. The summed E-state index contributed by atoms with van der Waals surface area (Å²) >= 11 is 0. The number of para-hydroxylation sites is 2. The number of hydrogen-bond donors (Lipinski definition) is 2. The second kappa shape index (κ2) is 5.21. The Morgan fingerprint density at radius 2 is 2.13 bits per heavy atom. The van der Waals surface area contributed by atoms with Gasteiger partial charge in [-0.3, -0.25) is 0 Å². The van der Waals surface area contributed by atoms with Crippen molar-refractivity contribution in [1.82, 2.24) is 0 Å². The number of ether oxygens (including phenoxy) is 1. The first-order valence-corrected chi connectivity index (χ1v) is 4.43. The van der Waals surface area contributed by atoms with Crippen molar-refractivity contribution in [1.29, 1.82) is 0 Å². The number of aliphatic hydroxyl groups is 1. The van der Waals surface area contributed by atoms with Gasteiger partial charge in [0.25, 0.3) is 0 Å². The number of rotatable bonds is 4. The van der Waals surface area contributed by atoms with Gasteiger partial charge in [0.15, 0.2) is 6.10 Å². The van der Waals surface area contributed by atoms with Gasteiger partial charge in [0, 0.05) is 0 Å². The highest BCUT2D eigenvalue weighted by Crippen LogP contribution is 2.22. The molecule has 0 bridgehead atoms. The van der Waals surface area contributed by atoms with E-state index in [4.69, 9.17) is 9.84 Å². The Bertz CT molecular complexity index is 338. The van der Waals surface area contributed by atoms with E-state index in [-0.39, 0.29) is 0 Å². The van der Waals surface area contributed by atoms with Crippen LogP contribution in [0.2, 0.25) is 0 Å². The molecule has 0 spiro atoms. The van der Waals surface area contributed by atoms with Crippen LogP contribution in [0.15, 0.2) is 24.3 Å². The fraction of sp³-hybridized carbons (Fsp3) is 0.300. The number of aliphatic hydroxyl groups excluding tert-OH is 1. The Labute approximate surface area is 87.6 Å². The smallest absolute Gasteiger partial charge is 0.359 e. The maximum Gasteiger partial charge on any atom is 0.359 e. The summed E-state index contributed by atoms with van der Waals surface area (Å²) in [5.74, 6) is -0.197. The first kappa shape index (κ1) is 11.3. The molecule has 0 aliphatic heterocycles. The molecule has 0 aromatic heterocycles. The molecular weight excluding hydrogens is 198 g/mol. The van der Waals surface area contributed by atoms with Crippen molar-refractivity contribution in [3.05, 3.63) is 24.3 Å². The molecule has 1 aromatic carbocycles. The zero-order valence-electron chi connectivity index (χ0n) is 8.56. The van der Waals surface area contributed by atoms with Crippen LogP contribution >= 0.6 is 0 Å². The molecule has 0 saturated heterocycles. The minimum Gasteiger partial charge on any atom is -0.494 e. The zero-order valence-corrected chi connectivity index (χ0v) is 8.56. The highest BCUT2D eigenvalue weighted by Gasteiger charge is 2.11. The lowest BCUT2D eigenvalue weighted by atomic mass is 10.3. The zero-order chi connectivity index (χ0) is 11.3. The minimum absolute atomic E-state index is 0.522. The third-order valence-corrected chi connectivity index (χ3v) is 1.71. The van der Waals surface area contributed by atoms with Crippen LogP contribution in [-0.2, 0) is 9.63 Å². The van der Waals surface area contributed by atoms with Crippen molar-refractivity contribution >= 4 is 11.7 Å². The molecule has 15 heavy (non-hydrogen) atoms. The van der Waals surface area contributed by atoms with Crippen molar-refractivity contribution in [2.24, 2.45) is 0 Å². The molecule has 1 unspecified atom stereocenters. The Morgan fingerprint density at radius 1 is 1.47 bits per heavy atom. The van der Waals surface area contributed by atoms with Gasteiger partial charge in [-0.05, 0) is 19.1 Å². The Kier molecular flexibility index (Phi) is 3.93. The Morgan fingerprint density at radius 3 is 2.73 bits per heavy atom. The number of methoxy groups -OCH3 is 1. The van der Waals surface area contributed by atoms with E-state index in [1.54, 1.807) is 24.3 Å². The largest absolute Gasteiger partial charge is 0.494 e. The molecule has 1 rings (SSSR count). The molecule has 5 nitrogen and oxygen atoms in total. The molecule has 82 valence electrons. The van der Waals surface area contributed by atoms with E-state index in [1.807, 2.05) is 0 Å². The van der Waals surface area contributed by atoms with Crippen LogP contribution in [0.25, 0.3) is 0 Å². The van der Waals surface area contributed by atoms with Crippen LogP contribution < -0.4 is 10.2 Å². The van der Waals surface area contributed by atoms with Crippen LogP contribution in [0.3, 0.4) is 0 Å². The topological polar surface area (TPSA) is 67.8 Å². The lowest BCUT2D eigenvalue weighted by Crippen LogP contribution is -2.22. The summed E-state index contributed by atoms with van der Waals surface area (Å²) < 4.78 is 5.02. The predicted octanol–water partition coefficient (Wildman–Crippen LogP) is 0.946. The molecule has 0 saturated carbocycles. The fourth-order valence-corrected chi connectivity index (χ4v) is 0.920. The molecule has 1 atom stereocenters. The number of benzene rings is 1. The molecule has 0 radical (unpaired) electrons. The van der Waals surface area contributed by atoms with E-state index in [0.717, 1.165) is 0 Å². The lowest BCUT2D eigenvalue weighted by molar-refractivity contribution is -0.149. The molecule has 2 N–H and O–H groups in total. The first-order chi connectivity index (χ1) is 7.15. The van der Waals surface area contributed by atoms with Crippen LogP contribution in [0, 0.1) is 0 Å². The summed E-state index contributed by atoms with van der Waals surface area (Å²) in [6, 6.07) is 6.97. The predicted molar refractivity (Wildman–Crippen MR) is 54.4 cm³/mol. The van der Waals surface area contributed by atoms with Gasteiger partial charge in [-0.15, -0.1) is 0 Å². The summed E-state index contributed by atoms with van der Waals surface area (Å²) in [4.78, 5) is 15.6. The highest BCUT2D eigenvalue weighted by molar-refractivity contribution is 5.75. The fourth-order valence-electron chi connectivity index (χ4n) is 0.920. The molecule has 0 aliphatic carbocycles. The van der Waals surface area contributed by atoms with Gasteiger partial charge < -0.3 is 14.7 Å². The van der Waals surface area contributed by atoms with Crippen LogP contribution in [0.4, 0.5) is 5.69 Å². The maximum absolute atomic E-state index is 10.9.